The van der Waals surface area contributed by atoms with E-state index in [1.165, 1.54) is 4.68 Å². The van der Waals surface area contributed by atoms with E-state index < -0.39 is 17.8 Å². The van der Waals surface area contributed by atoms with Crippen molar-refractivity contribution in [2.75, 3.05) is 27.3 Å². The van der Waals surface area contributed by atoms with Crippen LogP contribution in [-0.4, -0.2) is 59.0 Å². The third kappa shape index (κ3) is 4.78. The Bertz CT molecular complexity index is 1200. The molecule has 180 valence electrons. The van der Waals surface area contributed by atoms with E-state index in [0.29, 0.717) is 41.4 Å². The molecule has 0 N–H and O–H groups in total. The van der Waals surface area contributed by atoms with Gasteiger partial charge >= 0.3 is 6.18 Å². The molecular formula is C23H23F3N4O4. The molecule has 0 aliphatic carbocycles. The predicted octanol–water partition coefficient (Wildman–Crippen LogP) is 3.81. The molecule has 2 aromatic heterocycles. The smallest absolute Gasteiger partial charge is 0.416 e. The molecule has 0 bridgehead atoms. The van der Waals surface area contributed by atoms with Gasteiger partial charge in [0, 0.05) is 37.8 Å². The minimum atomic E-state index is -4.48. The first-order valence-electron chi connectivity index (χ1n) is 10.4. The van der Waals surface area contributed by atoms with E-state index in [-0.39, 0.29) is 18.3 Å². The molecule has 8 nitrogen and oxygen atoms in total. The summed E-state index contributed by atoms with van der Waals surface area (Å²) >= 11 is 0. The topological polar surface area (TPSA) is 78.7 Å². The van der Waals surface area contributed by atoms with E-state index in [1.807, 2.05) is 0 Å². The highest BCUT2D eigenvalue weighted by Crippen LogP contribution is 2.34. The molecule has 3 heterocycles. The Morgan fingerprint density at radius 3 is 2.62 bits per heavy atom. The quantitative estimate of drug-likeness (QED) is 0.539. The molecule has 1 atom stereocenters. The highest BCUT2D eigenvalue weighted by atomic mass is 19.4. The molecule has 1 amide bonds. The number of methoxy groups -OCH3 is 2. The summed E-state index contributed by atoms with van der Waals surface area (Å²) in [5.41, 5.74) is 0.744. The maximum Gasteiger partial charge on any atom is 0.416 e. The number of carbonyl (C=O) groups is 1. The minimum Gasteiger partial charge on any atom is -0.497 e. The molecule has 0 spiro atoms. The van der Waals surface area contributed by atoms with E-state index in [0.717, 1.165) is 18.3 Å². The number of carbonyl (C=O) groups excluding carboxylic acids is 1. The monoisotopic (exact) mass is 476 g/mol. The van der Waals surface area contributed by atoms with Crippen LogP contribution in [0.5, 0.6) is 17.4 Å². The van der Waals surface area contributed by atoms with Crippen LogP contribution < -0.4 is 14.2 Å². The van der Waals surface area contributed by atoms with Crippen molar-refractivity contribution in [2.24, 2.45) is 7.05 Å². The molecule has 1 aliphatic heterocycles. The average molecular weight is 476 g/mol. The number of hydrogen-bond donors (Lipinski definition) is 0. The zero-order valence-electron chi connectivity index (χ0n) is 18.8. The van der Waals surface area contributed by atoms with Crippen LogP contribution in [0.3, 0.4) is 0 Å². The highest BCUT2D eigenvalue weighted by Gasteiger charge is 2.33. The van der Waals surface area contributed by atoms with Crippen LogP contribution in [0, 0.1) is 0 Å². The number of likely N-dealkylation sites (tertiary alicyclic amines) is 1. The summed E-state index contributed by atoms with van der Waals surface area (Å²) in [6.45, 7) is 0.616. The summed E-state index contributed by atoms with van der Waals surface area (Å²) in [4.78, 5) is 18.6. The van der Waals surface area contributed by atoms with Crippen LogP contribution in [0.25, 0.3) is 11.3 Å². The molecule has 1 aliphatic rings. The standard InChI is InChI=1S/C23H23F3N4O4/c1-29-19(12-18(28-29)17-11-15(32-2)4-5-20(17)33-3)22(31)30-9-7-16(13-30)34-21-10-14(6-8-27-21)23(24,25)26/h4-6,8,10-12,16H,7,9,13H2,1-3H3. The second-order valence-corrected chi connectivity index (χ2v) is 7.76. The lowest BCUT2D eigenvalue weighted by Crippen LogP contribution is -2.32. The number of benzene rings is 1. The Hall–Kier alpha value is -3.76. The van der Waals surface area contributed by atoms with E-state index in [1.54, 1.807) is 50.4 Å². The largest absolute Gasteiger partial charge is 0.497 e. The molecule has 3 aromatic rings. The van der Waals surface area contributed by atoms with Crippen LogP contribution in [0.1, 0.15) is 22.5 Å². The first-order chi connectivity index (χ1) is 16.2. The van der Waals surface area contributed by atoms with Gasteiger partial charge in [0.15, 0.2) is 0 Å². The van der Waals surface area contributed by atoms with Crippen LogP contribution >= 0.6 is 0 Å². The van der Waals surface area contributed by atoms with Crippen molar-refractivity contribution in [3.05, 3.63) is 53.9 Å². The lowest BCUT2D eigenvalue weighted by atomic mass is 10.1. The Labute approximate surface area is 193 Å². The fourth-order valence-electron chi connectivity index (χ4n) is 3.81. The number of rotatable bonds is 6. The lowest BCUT2D eigenvalue weighted by Gasteiger charge is -2.17. The molecule has 1 aromatic carbocycles. The van der Waals surface area contributed by atoms with Gasteiger partial charge in [0.25, 0.3) is 5.91 Å². The zero-order valence-corrected chi connectivity index (χ0v) is 18.8. The summed E-state index contributed by atoms with van der Waals surface area (Å²) < 4.78 is 56.6. The summed E-state index contributed by atoms with van der Waals surface area (Å²) in [5, 5.41) is 4.46. The molecule has 11 heteroatoms. The maximum absolute atomic E-state index is 13.2. The van der Waals surface area contributed by atoms with E-state index in [2.05, 4.69) is 10.1 Å². The second kappa shape index (κ2) is 9.24. The fourth-order valence-corrected chi connectivity index (χ4v) is 3.81. The number of ether oxygens (including phenoxy) is 3. The van der Waals surface area contributed by atoms with E-state index >= 15 is 0 Å². The van der Waals surface area contributed by atoms with Crippen molar-refractivity contribution in [1.82, 2.24) is 19.7 Å². The van der Waals surface area contributed by atoms with Crippen LogP contribution in [0.4, 0.5) is 13.2 Å². The van der Waals surface area contributed by atoms with Crippen molar-refractivity contribution in [1.29, 1.82) is 0 Å². The fraction of sp³-hybridized carbons (Fsp3) is 0.348. The first-order valence-corrected chi connectivity index (χ1v) is 10.4. The van der Waals surface area contributed by atoms with E-state index in [4.69, 9.17) is 14.2 Å². The molecule has 0 radical (unpaired) electrons. The van der Waals surface area contributed by atoms with Crippen molar-refractivity contribution in [2.45, 2.75) is 18.7 Å². The molecule has 4 rings (SSSR count). The molecule has 0 saturated carbocycles. The number of aryl methyl sites for hydroxylation is 1. The van der Waals surface area contributed by atoms with Crippen molar-refractivity contribution < 1.29 is 32.2 Å². The van der Waals surface area contributed by atoms with Crippen molar-refractivity contribution >= 4 is 5.91 Å². The van der Waals surface area contributed by atoms with Gasteiger partial charge in [-0.3, -0.25) is 9.48 Å². The van der Waals surface area contributed by atoms with Crippen molar-refractivity contribution in [3.8, 4) is 28.6 Å². The normalized spacial score (nSPS) is 15.9. The second-order valence-electron chi connectivity index (χ2n) is 7.76. The molecule has 34 heavy (non-hydrogen) atoms. The third-order valence-electron chi connectivity index (χ3n) is 5.56. The summed E-state index contributed by atoms with van der Waals surface area (Å²) in [6, 6.07) is 8.71. The molecular weight excluding hydrogens is 453 g/mol. The van der Waals surface area contributed by atoms with Gasteiger partial charge in [-0.2, -0.15) is 18.3 Å². The number of nitrogens with zero attached hydrogens (tertiary/aromatic N) is 4. The first kappa shape index (κ1) is 23.4. The van der Waals surface area contributed by atoms with Crippen LogP contribution in [0.15, 0.2) is 42.6 Å². The average Bonchev–Trinajstić information content (AvgIpc) is 3.44. The number of aromatic nitrogens is 3. The number of alkyl halides is 3. The van der Waals surface area contributed by atoms with Crippen LogP contribution in [0.2, 0.25) is 0 Å². The summed E-state index contributed by atoms with van der Waals surface area (Å²) in [7, 11) is 4.77. The summed E-state index contributed by atoms with van der Waals surface area (Å²) in [6.07, 6.45) is -3.43. The third-order valence-corrected chi connectivity index (χ3v) is 5.56. The van der Waals surface area contributed by atoms with E-state index in [9.17, 15) is 18.0 Å². The Kier molecular flexibility index (Phi) is 6.36. The molecule has 1 saturated heterocycles. The highest BCUT2D eigenvalue weighted by molar-refractivity contribution is 5.94. The lowest BCUT2D eigenvalue weighted by molar-refractivity contribution is -0.137. The maximum atomic E-state index is 13.2. The number of pyridine rings is 1. The number of amides is 1. The van der Waals surface area contributed by atoms with Gasteiger partial charge in [-0.15, -0.1) is 0 Å². The van der Waals surface area contributed by atoms with Gasteiger partial charge in [-0.25, -0.2) is 4.98 Å². The molecule has 1 fully saturated rings. The van der Waals surface area contributed by atoms with Gasteiger partial charge in [0.2, 0.25) is 5.88 Å². The Morgan fingerprint density at radius 1 is 1.12 bits per heavy atom. The number of hydrogen-bond acceptors (Lipinski definition) is 6. The van der Waals surface area contributed by atoms with Crippen molar-refractivity contribution in [3.63, 3.8) is 0 Å². The van der Waals surface area contributed by atoms with Gasteiger partial charge in [-0.1, -0.05) is 0 Å². The SMILES string of the molecule is COc1ccc(OC)c(-c2cc(C(=O)N3CCC(Oc4cc(C(F)(F)F)ccn4)C3)n(C)n2)c1. The molecule has 1 unspecified atom stereocenters. The van der Waals surface area contributed by atoms with Gasteiger partial charge in [0.1, 0.15) is 23.3 Å². The Balaban J connectivity index is 1.48. The predicted molar refractivity (Wildman–Crippen MR) is 116 cm³/mol. The van der Waals surface area contributed by atoms with Crippen LogP contribution in [-0.2, 0) is 13.2 Å². The van der Waals surface area contributed by atoms with Gasteiger partial charge in [0.05, 0.1) is 32.0 Å². The zero-order chi connectivity index (χ0) is 24.5. The van der Waals surface area contributed by atoms with Gasteiger partial charge < -0.3 is 19.1 Å². The minimum absolute atomic E-state index is 0.123. The Morgan fingerprint density at radius 2 is 1.91 bits per heavy atom. The number of halogens is 3. The van der Waals surface area contributed by atoms with Gasteiger partial charge in [-0.05, 0) is 30.3 Å². The summed E-state index contributed by atoms with van der Waals surface area (Å²) in [5.74, 6) is 0.825.